The van der Waals surface area contributed by atoms with Crippen molar-refractivity contribution in [3.8, 4) is 17.2 Å². The first-order valence-electron chi connectivity index (χ1n) is 6.47. The molecule has 5 heteroatoms. The van der Waals surface area contributed by atoms with Gasteiger partial charge in [0, 0.05) is 11.1 Å². The van der Waals surface area contributed by atoms with Crippen LogP contribution in [0.2, 0.25) is 0 Å². The zero-order valence-corrected chi connectivity index (χ0v) is 13.0. The first-order chi connectivity index (χ1) is 10.2. The average molecular weight is 349 g/mol. The second-order valence-corrected chi connectivity index (χ2v) is 5.39. The summed E-state index contributed by atoms with van der Waals surface area (Å²) < 4.78 is 16.9. The summed E-state index contributed by atoms with van der Waals surface area (Å²) in [5, 5.41) is 0. The van der Waals surface area contributed by atoms with Crippen molar-refractivity contribution in [3.05, 3.63) is 52.0 Å². The molecule has 2 aromatic carbocycles. The maximum atomic E-state index is 12.5. The van der Waals surface area contributed by atoms with Gasteiger partial charge < -0.3 is 14.2 Å². The number of carbonyl (C=O) groups is 1. The van der Waals surface area contributed by atoms with Gasteiger partial charge in [0.25, 0.3) is 0 Å². The average Bonchev–Trinajstić information content (AvgIpc) is 2.53. The molecule has 0 spiro atoms. The summed E-state index contributed by atoms with van der Waals surface area (Å²) in [5.74, 6) is 1.90. The van der Waals surface area contributed by atoms with E-state index in [4.69, 9.17) is 14.2 Å². The Bertz CT molecular complexity index is 697. The quantitative estimate of drug-likeness (QED) is 0.796. The minimum Gasteiger partial charge on any atom is -0.496 e. The van der Waals surface area contributed by atoms with Crippen LogP contribution in [-0.2, 0) is 0 Å². The maximum absolute atomic E-state index is 12.5. The normalized spacial score (nSPS) is 12.9. The minimum absolute atomic E-state index is 0.0738. The number of halogens is 1. The summed E-state index contributed by atoms with van der Waals surface area (Å²) in [7, 11) is 1.59. The molecule has 1 heterocycles. The van der Waals surface area contributed by atoms with Crippen LogP contribution in [0, 0.1) is 0 Å². The number of fused-ring (bicyclic) bond motifs is 1. The highest BCUT2D eigenvalue weighted by molar-refractivity contribution is 9.10. The minimum atomic E-state index is -0.0738. The second-order valence-electron chi connectivity index (χ2n) is 4.54. The molecule has 0 atom stereocenters. The lowest BCUT2D eigenvalue weighted by atomic mass is 10.0. The Morgan fingerprint density at radius 2 is 1.71 bits per heavy atom. The lowest BCUT2D eigenvalue weighted by molar-refractivity contribution is 0.103. The zero-order valence-electron chi connectivity index (χ0n) is 11.4. The number of ketones is 1. The molecule has 108 valence electrons. The Kier molecular flexibility index (Phi) is 3.84. The Balaban J connectivity index is 1.93. The molecule has 1 aliphatic heterocycles. The molecule has 0 aromatic heterocycles. The molecular formula is C16H13BrO4. The van der Waals surface area contributed by atoms with E-state index in [1.165, 1.54) is 0 Å². The summed E-state index contributed by atoms with van der Waals surface area (Å²) in [6.45, 7) is 1.03. The van der Waals surface area contributed by atoms with Crippen molar-refractivity contribution in [1.29, 1.82) is 0 Å². The predicted molar refractivity (Wildman–Crippen MR) is 81.6 cm³/mol. The van der Waals surface area contributed by atoms with Crippen LogP contribution in [0.5, 0.6) is 17.2 Å². The van der Waals surface area contributed by atoms with E-state index in [0.29, 0.717) is 41.6 Å². The molecule has 0 unspecified atom stereocenters. The SMILES string of the molecule is COc1ccc(C(=O)c2ccc3c(c2)OCCO3)cc1Br. The standard InChI is InChI=1S/C16H13BrO4/c1-19-13-4-2-10(8-12(13)17)16(18)11-3-5-14-15(9-11)21-7-6-20-14/h2-5,8-9H,6-7H2,1H3. The molecule has 0 N–H and O–H groups in total. The van der Waals surface area contributed by atoms with Gasteiger partial charge in [-0.15, -0.1) is 0 Å². The summed E-state index contributed by atoms with van der Waals surface area (Å²) in [4.78, 5) is 12.5. The third-order valence-corrected chi connectivity index (χ3v) is 3.84. The van der Waals surface area contributed by atoms with Crippen LogP contribution in [0.1, 0.15) is 15.9 Å². The molecule has 0 saturated carbocycles. The number of hydrogen-bond acceptors (Lipinski definition) is 4. The van der Waals surface area contributed by atoms with E-state index in [9.17, 15) is 4.79 Å². The van der Waals surface area contributed by atoms with Crippen molar-refractivity contribution in [1.82, 2.24) is 0 Å². The molecule has 0 saturated heterocycles. The highest BCUT2D eigenvalue weighted by atomic mass is 79.9. The number of methoxy groups -OCH3 is 1. The van der Waals surface area contributed by atoms with Crippen molar-refractivity contribution in [2.24, 2.45) is 0 Å². The third kappa shape index (κ3) is 2.74. The van der Waals surface area contributed by atoms with Crippen LogP contribution < -0.4 is 14.2 Å². The Labute approximate surface area is 130 Å². The van der Waals surface area contributed by atoms with Gasteiger partial charge in [0.1, 0.15) is 19.0 Å². The Morgan fingerprint density at radius 1 is 1.05 bits per heavy atom. The molecule has 2 aromatic rings. The van der Waals surface area contributed by atoms with Gasteiger partial charge in [0.05, 0.1) is 11.6 Å². The topological polar surface area (TPSA) is 44.8 Å². The van der Waals surface area contributed by atoms with Gasteiger partial charge in [-0.05, 0) is 52.3 Å². The van der Waals surface area contributed by atoms with Crippen molar-refractivity contribution in [3.63, 3.8) is 0 Å². The van der Waals surface area contributed by atoms with E-state index in [1.807, 2.05) is 0 Å². The fourth-order valence-electron chi connectivity index (χ4n) is 2.16. The van der Waals surface area contributed by atoms with Gasteiger partial charge >= 0.3 is 0 Å². The summed E-state index contributed by atoms with van der Waals surface area (Å²) in [6.07, 6.45) is 0. The van der Waals surface area contributed by atoms with E-state index < -0.39 is 0 Å². The van der Waals surface area contributed by atoms with Crippen LogP contribution in [0.4, 0.5) is 0 Å². The molecule has 1 aliphatic rings. The molecule has 0 radical (unpaired) electrons. The highest BCUT2D eigenvalue weighted by Crippen LogP contribution is 2.32. The lowest BCUT2D eigenvalue weighted by Gasteiger charge is -2.18. The van der Waals surface area contributed by atoms with Gasteiger partial charge in [-0.25, -0.2) is 0 Å². The van der Waals surface area contributed by atoms with Gasteiger partial charge in [-0.2, -0.15) is 0 Å². The van der Waals surface area contributed by atoms with E-state index >= 15 is 0 Å². The smallest absolute Gasteiger partial charge is 0.193 e. The Morgan fingerprint density at radius 3 is 2.43 bits per heavy atom. The van der Waals surface area contributed by atoms with Crippen molar-refractivity contribution < 1.29 is 19.0 Å². The van der Waals surface area contributed by atoms with Crippen LogP contribution in [0.15, 0.2) is 40.9 Å². The first-order valence-corrected chi connectivity index (χ1v) is 7.26. The molecule has 0 aliphatic carbocycles. The van der Waals surface area contributed by atoms with Crippen molar-refractivity contribution in [2.75, 3.05) is 20.3 Å². The lowest BCUT2D eigenvalue weighted by Crippen LogP contribution is -2.15. The summed E-state index contributed by atoms with van der Waals surface area (Å²) in [5.41, 5.74) is 1.15. The molecule has 4 nitrogen and oxygen atoms in total. The number of carbonyl (C=O) groups excluding carboxylic acids is 1. The van der Waals surface area contributed by atoms with Crippen LogP contribution in [0.25, 0.3) is 0 Å². The van der Waals surface area contributed by atoms with Crippen LogP contribution in [-0.4, -0.2) is 26.1 Å². The zero-order chi connectivity index (χ0) is 14.8. The number of benzene rings is 2. The summed E-state index contributed by atoms with van der Waals surface area (Å²) >= 11 is 3.39. The van der Waals surface area contributed by atoms with Crippen LogP contribution in [0.3, 0.4) is 0 Å². The molecule has 3 rings (SSSR count). The molecule has 0 fully saturated rings. The van der Waals surface area contributed by atoms with Gasteiger partial charge in [0.15, 0.2) is 17.3 Å². The number of rotatable bonds is 3. The number of ether oxygens (including phenoxy) is 3. The fraction of sp³-hybridized carbons (Fsp3) is 0.188. The third-order valence-electron chi connectivity index (χ3n) is 3.22. The van der Waals surface area contributed by atoms with Gasteiger partial charge in [-0.1, -0.05) is 0 Å². The monoisotopic (exact) mass is 348 g/mol. The second kappa shape index (κ2) is 5.77. The Hall–Kier alpha value is -2.01. The number of hydrogen-bond donors (Lipinski definition) is 0. The first kappa shape index (κ1) is 13.9. The van der Waals surface area contributed by atoms with Gasteiger partial charge in [-0.3, -0.25) is 4.79 Å². The van der Waals surface area contributed by atoms with Crippen molar-refractivity contribution >= 4 is 21.7 Å². The molecule has 0 amide bonds. The molecule has 21 heavy (non-hydrogen) atoms. The van der Waals surface area contributed by atoms with E-state index in [0.717, 1.165) is 4.47 Å². The highest BCUT2D eigenvalue weighted by Gasteiger charge is 2.16. The fourth-order valence-corrected chi connectivity index (χ4v) is 2.70. The largest absolute Gasteiger partial charge is 0.496 e. The van der Waals surface area contributed by atoms with Crippen molar-refractivity contribution in [2.45, 2.75) is 0 Å². The predicted octanol–water partition coefficient (Wildman–Crippen LogP) is 3.46. The molecular weight excluding hydrogens is 336 g/mol. The van der Waals surface area contributed by atoms with Gasteiger partial charge in [0.2, 0.25) is 0 Å². The van der Waals surface area contributed by atoms with E-state index in [2.05, 4.69) is 15.9 Å². The van der Waals surface area contributed by atoms with E-state index in [1.54, 1.807) is 43.5 Å². The molecule has 0 bridgehead atoms. The summed E-state index contributed by atoms with van der Waals surface area (Å²) in [6, 6.07) is 10.5. The van der Waals surface area contributed by atoms with Crippen LogP contribution >= 0.6 is 15.9 Å². The maximum Gasteiger partial charge on any atom is 0.193 e. The van der Waals surface area contributed by atoms with E-state index in [-0.39, 0.29) is 5.78 Å².